The zero-order valence-corrected chi connectivity index (χ0v) is 28.8. The molecule has 3 nitrogen and oxygen atoms in total. The minimum Gasteiger partial charge on any atom is -0.306 e. The molecule has 1 aliphatic heterocycles. The first-order chi connectivity index (χ1) is 25.3. The molecule has 0 fully saturated rings. The molecular formula is C47H31N3S. The van der Waals surface area contributed by atoms with E-state index in [1.165, 1.54) is 69.7 Å². The summed E-state index contributed by atoms with van der Waals surface area (Å²) in [5.74, 6) is 1.07. The molecule has 0 unspecified atom stereocenters. The monoisotopic (exact) mass is 669 g/mol. The maximum atomic E-state index is 5.22. The highest BCUT2D eigenvalue weighted by Gasteiger charge is 2.31. The van der Waals surface area contributed by atoms with Crippen LogP contribution in [0.25, 0.3) is 80.7 Å². The molecule has 4 heteroatoms. The number of hydrogen-bond donors (Lipinski definition) is 0. The van der Waals surface area contributed by atoms with Crippen molar-refractivity contribution in [2.75, 3.05) is 4.90 Å². The van der Waals surface area contributed by atoms with Crippen LogP contribution in [0, 0.1) is 0 Å². The Hall–Kier alpha value is -6.23. The normalized spacial score (nSPS) is 12.5. The second-order valence-electron chi connectivity index (χ2n) is 13.4. The van der Waals surface area contributed by atoms with Crippen molar-refractivity contribution < 1.29 is 0 Å². The number of aromatic nitrogens is 2. The molecule has 0 saturated heterocycles. The number of thiophene rings is 1. The fourth-order valence-electron chi connectivity index (χ4n) is 8.56. The summed E-state index contributed by atoms with van der Waals surface area (Å²) in [4.78, 5) is 7.64. The molecule has 0 bridgehead atoms. The number of imidazole rings is 1. The summed E-state index contributed by atoms with van der Waals surface area (Å²) in [5.41, 5.74) is 11.8. The maximum Gasteiger partial charge on any atom is 0.114 e. The second-order valence-corrected chi connectivity index (χ2v) is 14.4. The molecule has 0 amide bonds. The fourth-order valence-corrected chi connectivity index (χ4v) is 9.71. The number of benzene rings is 8. The Morgan fingerprint density at radius 2 is 1.16 bits per heavy atom. The Morgan fingerprint density at radius 3 is 1.90 bits per heavy atom. The van der Waals surface area contributed by atoms with Gasteiger partial charge in [-0.05, 0) is 80.7 Å². The quantitative estimate of drug-likeness (QED) is 0.174. The average Bonchev–Trinajstić information content (AvgIpc) is 3.76. The molecule has 51 heavy (non-hydrogen) atoms. The smallest absolute Gasteiger partial charge is 0.114 e. The van der Waals surface area contributed by atoms with Crippen molar-refractivity contribution in [2.24, 2.45) is 0 Å². The van der Waals surface area contributed by atoms with Crippen LogP contribution in [0.2, 0.25) is 0 Å². The molecule has 0 aliphatic carbocycles. The first kappa shape index (κ1) is 28.6. The standard InChI is InChI=1S/C47H31N3S/c1-2-43-48-38-22-13-24-40-47(38)50(43)46-37(21-12-23-39(46)49(40)30-14-4-3-5-15-30)45-35-19-8-6-17-33(35)44(34-18-7-9-20-36(34)45)29-26-27-32-31-16-10-11-25-41(31)51-42(32)28-29/h3-28H,2H2,1H3. The van der Waals surface area contributed by atoms with Gasteiger partial charge in [0.15, 0.2) is 0 Å². The first-order valence-corrected chi connectivity index (χ1v) is 18.4. The van der Waals surface area contributed by atoms with Crippen molar-refractivity contribution in [1.29, 1.82) is 0 Å². The van der Waals surface area contributed by atoms with E-state index in [0.29, 0.717) is 0 Å². The number of nitrogens with zero attached hydrogens (tertiary/aromatic N) is 3. The number of aryl methyl sites for hydroxylation is 1. The Bertz CT molecular complexity index is 2970. The summed E-state index contributed by atoms with van der Waals surface area (Å²) in [6, 6.07) is 57.9. The van der Waals surface area contributed by atoms with Gasteiger partial charge in [-0.25, -0.2) is 4.98 Å². The number of hydrogen-bond acceptors (Lipinski definition) is 3. The van der Waals surface area contributed by atoms with E-state index in [2.05, 4.69) is 174 Å². The van der Waals surface area contributed by atoms with E-state index in [1.807, 2.05) is 11.3 Å². The van der Waals surface area contributed by atoms with Crippen molar-refractivity contribution in [3.8, 4) is 27.9 Å². The number of anilines is 3. The zero-order chi connectivity index (χ0) is 33.6. The third kappa shape index (κ3) is 4.02. The summed E-state index contributed by atoms with van der Waals surface area (Å²) in [6.07, 6.45) is 0.827. The van der Waals surface area contributed by atoms with Gasteiger partial charge in [-0.1, -0.05) is 122 Å². The van der Waals surface area contributed by atoms with Crippen molar-refractivity contribution in [2.45, 2.75) is 13.3 Å². The Morgan fingerprint density at radius 1 is 0.529 bits per heavy atom. The lowest BCUT2D eigenvalue weighted by molar-refractivity contribution is 0.902. The van der Waals surface area contributed by atoms with Gasteiger partial charge in [0.1, 0.15) is 5.82 Å². The molecule has 240 valence electrons. The lowest BCUT2D eigenvalue weighted by Gasteiger charge is -2.34. The maximum absolute atomic E-state index is 5.22. The van der Waals surface area contributed by atoms with E-state index in [0.717, 1.165) is 40.3 Å². The van der Waals surface area contributed by atoms with Crippen LogP contribution in [-0.2, 0) is 6.42 Å². The van der Waals surface area contributed by atoms with Crippen molar-refractivity contribution in [3.63, 3.8) is 0 Å². The van der Waals surface area contributed by atoms with E-state index in [9.17, 15) is 0 Å². The second kappa shape index (κ2) is 10.9. The van der Waals surface area contributed by atoms with Gasteiger partial charge in [-0.3, -0.25) is 4.57 Å². The molecule has 0 spiro atoms. The molecule has 10 aromatic rings. The highest BCUT2D eigenvalue weighted by atomic mass is 32.1. The predicted molar refractivity (Wildman–Crippen MR) is 217 cm³/mol. The first-order valence-electron chi connectivity index (χ1n) is 17.6. The van der Waals surface area contributed by atoms with Crippen LogP contribution in [0.3, 0.4) is 0 Å². The summed E-state index contributed by atoms with van der Waals surface area (Å²) < 4.78 is 5.09. The van der Waals surface area contributed by atoms with Gasteiger partial charge < -0.3 is 4.90 Å². The Balaban J connectivity index is 1.25. The van der Waals surface area contributed by atoms with Crippen molar-refractivity contribution in [3.05, 3.63) is 164 Å². The highest BCUT2D eigenvalue weighted by molar-refractivity contribution is 7.25. The number of para-hydroxylation sites is 3. The number of fused-ring (bicyclic) bond motifs is 7. The third-order valence-electron chi connectivity index (χ3n) is 10.6. The van der Waals surface area contributed by atoms with Crippen LogP contribution in [-0.4, -0.2) is 9.55 Å². The van der Waals surface area contributed by atoms with E-state index in [4.69, 9.17) is 4.98 Å². The minimum absolute atomic E-state index is 0.827. The van der Waals surface area contributed by atoms with Gasteiger partial charge >= 0.3 is 0 Å². The van der Waals surface area contributed by atoms with Crippen molar-refractivity contribution >= 4 is 81.1 Å². The van der Waals surface area contributed by atoms with E-state index >= 15 is 0 Å². The molecule has 8 aromatic carbocycles. The van der Waals surface area contributed by atoms with Gasteiger partial charge in [-0.15, -0.1) is 11.3 Å². The van der Waals surface area contributed by atoms with E-state index in [1.54, 1.807) is 0 Å². The van der Waals surface area contributed by atoms with Gasteiger partial charge in [-0.2, -0.15) is 0 Å². The SMILES string of the molecule is CCc1nc2cccc3c2n1-c1c(-c2c4ccccc4c(-c4ccc5c(c4)sc4ccccc45)c4ccccc24)cccc1N3c1ccccc1. The predicted octanol–water partition coefficient (Wildman–Crippen LogP) is 13.4. The van der Waals surface area contributed by atoms with Crippen LogP contribution in [0.1, 0.15) is 12.7 Å². The molecule has 0 saturated carbocycles. The van der Waals surface area contributed by atoms with E-state index in [-0.39, 0.29) is 0 Å². The minimum atomic E-state index is 0.827. The fraction of sp³-hybridized carbons (Fsp3) is 0.0426. The molecule has 0 N–H and O–H groups in total. The van der Waals surface area contributed by atoms with E-state index < -0.39 is 0 Å². The van der Waals surface area contributed by atoms with Gasteiger partial charge in [0.25, 0.3) is 0 Å². The Labute approximate surface area is 299 Å². The molecular weight excluding hydrogens is 639 g/mol. The van der Waals surface area contributed by atoms with Gasteiger partial charge in [0.05, 0.1) is 28.1 Å². The van der Waals surface area contributed by atoms with Crippen LogP contribution >= 0.6 is 11.3 Å². The van der Waals surface area contributed by atoms with Crippen LogP contribution in [0.5, 0.6) is 0 Å². The lowest BCUT2D eigenvalue weighted by atomic mass is 9.85. The molecule has 1 aliphatic rings. The van der Waals surface area contributed by atoms with Crippen LogP contribution in [0.15, 0.2) is 158 Å². The summed E-state index contributed by atoms with van der Waals surface area (Å²) in [5, 5.41) is 7.65. The molecule has 0 radical (unpaired) electrons. The van der Waals surface area contributed by atoms with Crippen LogP contribution in [0.4, 0.5) is 17.1 Å². The Kier molecular flexibility index (Phi) is 6.10. The zero-order valence-electron chi connectivity index (χ0n) is 28.0. The molecule has 11 rings (SSSR count). The van der Waals surface area contributed by atoms with Gasteiger partial charge in [0.2, 0.25) is 0 Å². The molecule has 3 heterocycles. The average molecular weight is 670 g/mol. The largest absolute Gasteiger partial charge is 0.306 e. The highest BCUT2D eigenvalue weighted by Crippen LogP contribution is 2.53. The summed E-state index contributed by atoms with van der Waals surface area (Å²) in [6.45, 7) is 2.21. The van der Waals surface area contributed by atoms with Crippen LogP contribution < -0.4 is 4.90 Å². The lowest BCUT2D eigenvalue weighted by Crippen LogP contribution is -2.19. The summed E-state index contributed by atoms with van der Waals surface area (Å²) in [7, 11) is 0. The topological polar surface area (TPSA) is 21.1 Å². The molecule has 0 atom stereocenters. The van der Waals surface area contributed by atoms with Crippen molar-refractivity contribution in [1.82, 2.24) is 9.55 Å². The van der Waals surface area contributed by atoms with Gasteiger partial charge in [0, 0.05) is 37.8 Å². The summed E-state index contributed by atoms with van der Waals surface area (Å²) >= 11 is 1.88. The third-order valence-corrected chi connectivity index (χ3v) is 11.8. The number of rotatable bonds is 4. The molecule has 2 aromatic heterocycles.